The molecule has 1 fully saturated rings. The first-order chi connectivity index (χ1) is 15.7. The smallest absolute Gasteiger partial charge is 0.258 e. The van der Waals surface area contributed by atoms with Crippen molar-refractivity contribution in [1.82, 2.24) is 20.5 Å². The fraction of sp³-hybridized carbons (Fsp3) is 0.360. The van der Waals surface area contributed by atoms with Crippen molar-refractivity contribution in [2.45, 2.75) is 38.4 Å². The second kappa shape index (κ2) is 10.7. The Bertz CT molecular complexity index is 1070. The molecule has 32 heavy (non-hydrogen) atoms. The van der Waals surface area contributed by atoms with Crippen LogP contribution in [-0.4, -0.2) is 42.7 Å². The van der Waals surface area contributed by atoms with Gasteiger partial charge in [0.05, 0.1) is 0 Å². The molecule has 1 heterocycles. The minimum Gasteiger partial charge on any atom is -0.484 e. The van der Waals surface area contributed by atoms with Crippen LogP contribution in [0.2, 0.25) is 0 Å². The molecule has 0 saturated heterocycles. The van der Waals surface area contributed by atoms with Crippen LogP contribution in [0.15, 0.2) is 65.8 Å². The fourth-order valence-electron chi connectivity index (χ4n) is 3.59. The van der Waals surface area contributed by atoms with E-state index in [1.807, 2.05) is 24.3 Å². The standard InChI is InChI=1S/C25H31N5O2/c1-26-25(27-13-5-14-30-15-12-20-7-2-3-9-23(20)30)28-17-19-6-4-8-22(16-19)32-18-24(31)29-21-10-11-21/h2-4,6-9,12,15-16,21H,5,10-11,13-14,17-18H2,1H3,(H,29,31)(H2,26,27,28). The summed E-state index contributed by atoms with van der Waals surface area (Å²) in [5.41, 5.74) is 2.33. The number of guanidine groups is 1. The lowest BCUT2D eigenvalue weighted by Crippen LogP contribution is -2.37. The van der Waals surface area contributed by atoms with Gasteiger partial charge < -0.3 is 25.3 Å². The lowest BCUT2D eigenvalue weighted by molar-refractivity contribution is -0.123. The Morgan fingerprint density at radius 2 is 2.00 bits per heavy atom. The molecule has 1 saturated carbocycles. The van der Waals surface area contributed by atoms with E-state index in [0.29, 0.717) is 18.3 Å². The van der Waals surface area contributed by atoms with Gasteiger partial charge in [-0.25, -0.2) is 0 Å². The molecular weight excluding hydrogens is 402 g/mol. The Labute approximate surface area is 188 Å². The van der Waals surface area contributed by atoms with Gasteiger partial charge in [0.25, 0.3) is 5.91 Å². The Hall–Kier alpha value is -3.48. The number of carbonyl (C=O) groups excluding carboxylic acids is 1. The van der Waals surface area contributed by atoms with Crippen molar-refractivity contribution < 1.29 is 9.53 Å². The van der Waals surface area contributed by atoms with Crippen LogP contribution in [0, 0.1) is 0 Å². The maximum Gasteiger partial charge on any atom is 0.258 e. The number of hydrogen-bond donors (Lipinski definition) is 3. The highest BCUT2D eigenvalue weighted by Gasteiger charge is 2.23. The van der Waals surface area contributed by atoms with E-state index in [2.05, 4.69) is 62.0 Å². The third-order valence-corrected chi connectivity index (χ3v) is 5.44. The monoisotopic (exact) mass is 433 g/mol. The highest BCUT2D eigenvalue weighted by molar-refractivity contribution is 5.80. The molecule has 0 spiro atoms. The largest absolute Gasteiger partial charge is 0.484 e. The van der Waals surface area contributed by atoms with Crippen LogP contribution in [0.25, 0.3) is 10.9 Å². The zero-order valence-electron chi connectivity index (χ0n) is 18.5. The number of carbonyl (C=O) groups is 1. The lowest BCUT2D eigenvalue weighted by atomic mass is 10.2. The van der Waals surface area contributed by atoms with Crippen molar-refractivity contribution in [2.75, 3.05) is 20.2 Å². The number of hydrogen-bond acceptors (Lipinski definition) is 3. The Morgan fingerprint density at radius 3 is 2.84 bits per heavy atom. The molecule has 0 bridgehead atoms. The van der Waals surface area contributed by atoms with E-state index in [1.54, 1.807) is 7.05 Å². The second-order valence-electron chi connectivity index (χ2n) is 8.05. The summed E-state index contributed by atoms with van der Waals surface area (Å²) in [6.07, 6.45) is 5.28. The molecule has 1 amide bonds. The van der Waals surface area contributed by atoms with E-state index >= 15 is 0 Å². The van der Waals surface area contributed by atoms with E-state index in [-0.39, 0.29) is 12.5 Å². The summed E-state index contributed by atoms with van der Waals surface area (Å²) in [5, 5.41) is 10.9. The van der Waals surface area contributed by atoms with Crippen LogP contribution in [0.5, 0.6) is 5.75 Å². The highest BCUT2D eigenvalue weighted by Crippen LogP contribution is 2.19. The summed E-state index contributed by atoms with van der Waals surface area (Å²) >= 11 is 0. The Morgan fingerprint density at radius 1 is 1.12 bits per heavy atom. The number of aliphatic imine (C=N–C) groups is 1. The van der Waals surface area contributed by atoms with Gasteiger partial charge in [-0.1, -0.05) is 30.3 Å². The van der Waals surface area contributed by atoms with Crippen LogP contribution >= 0.6 is 0 Å². The number of rotatable bonds is 10. The van der Waals surface area contributed by atoms with Crippen LogP contribution in [-0.2, 0) is 17.9 Å². The maximum atomic E-state index is 11.8. The molecule has 1 aliphatic rings. The van der Waals surface area contributed by atoms with Crippen molar-refractivity contribution in [3.05, 3.63) is 66.4 Å². The third kappa shape index (κ3) is 6.26. The van der Waals surface area contributed by atoms with Gasteiger partial charge in [0.15, 0.2) is 12.6 Å². The first kappa shape index (κ1) is 21.7. The quantitative estimate of drug-likeness (QED) is 0.261. The van der Waals surface area contributed by atoms with Crippen LogP contribution in [0.3, 0.4) is 0 Å². The van der Waals surface area contributed by atoms with E-state index < -0.39 is 0 Å². The summed E-state index contributed by atoms with van der Waals surface area (Å²) in [4.78, 5) is 16.1. The van der Waals surface area contributed by atoms with Gasteiger partial charge >= 0.3 is 0 Å². The van der Waals surface area contributed by atoms with Gasteiger partial charge in [-0.15, -0.1) is 0 Å². The zero-order valence-corrected chi connectivity index (χ0v) is 18.5. The van der Waals surface area contributed by atoms with Gasteiger partial charge in [-0.05, 0) is 54.5 Å². The van der Waals surface area contributed by atoms with Crippen molar-refractivity contribution in [3.8, 4) is 5.75 Å². The number of amides is 1. The van der Waals surface area contributed by atoms with E-state index in [4.69, 9.17) is 4.74 Å². The maximum absolute atomic E-state index is 11.8. The van der Waals surface area contributed by atoms with Gasteiger partial charge in [0.1, 0.15) is 5.75 Å². The fourth-order valence-corrected chi connectivity index (χ4v) is 3.59. The lowest BCUT2D eigenvalue weighted by Gasteiger charge is -2.13. The molecule has 2 aromatic carbocycles. The summed E-state index contributed by atoms with van der Waals surface area (Å²) in [6.45, 7) is 2.44. The molecule has 7 heteroatoms. The highest BCUT2D eigenvalue weighted by atomic mass is 16.5. The van der Waals surface area contributed by atoms with Crippen molar-refractivity contribution in [2.24, 2.45) is 4.99 Å². The number of fused-ring (bicyclic) bond motifs is 1. The topological polar surface area (TPSA) is 79.7 Å². The van der Waals surface area contributed by atoms with Crippen molar-refractivity contribution >= 4 is 22.8 Å². The second-order valence-corrected chi connectivity index (χ2v) is 8.05. The number of aryl methyl sites for hydroxylation is 1. The van der Waals surface area contributed by atoms with Gasteiger partial charge in [0, 0.05) is 44.4 Å². The molecule has 168 valence electrons. The molecule has 0 unspecified atom stereocenters. The average Bonchev–Trinajstić information content (AvgIpc) is 3.54. The zero-order chi connectivity index (χ0) is 22.2. The van der Waals surface area contributed by atoms with Gasteiger partial charge in [-0.3, -0.25) is 9.79 Å². The van der Waals surface area contributed by atoms with E-state index in [9.17, 15) is 4.79 Å². The van der Waals surface area contributed by atoms with Crippen LogP contribution < -0.4 is 20.7 Å². The number of nitrogens with zero attached hydrogens (tertiary/aromatic N) is 2. The van der Waals surface area contributed by atoms with Gasteiger partial charge in [0.2, 0.25) is 0 Å². The number of nitrogens with one attached hydrogen (secondary N) is 3. The molecule has 4 rings (SSSR count). The Kier molecular flexibility index (Phi) is 7.27. The minimum absolute atomic E-state index is 0.0489. The predicted molar refractivity (Wildman–Crippen MR) is 128 cm³/mol. The van der Waals surface area contributed by atoms with E-state index in [1.165, 1.54) is 10.9 Å². The molecule has 0 aliphatic heterocycles. The summed E-state index contributed by atoms with van der Waals surface area (Å²) in [7, 11) is 1.77. The number of benzene rings is 2. The summed E-state index contributed by atoms with van der Waals surface area (Å²) < 4.78 is 7.91. The molecule has 1 aromatic heterocycles. The number of aromatic nitrogens is 1. The molecule has 0 atom stereocenters. The first-order valence-corrected chi connectivity index (χ1v) is 11.2. The molecule has 0 radical (unpaired) electrons. The number of para-hydroxylation sites is 1. The SMILES string of the molecule is CN=C(NCCCn1ccc2ccccc21)NCc1cccc(OCC(=O)NC2CC2)c1. The third-order valence-electron chi connectivity index (χ3n) is 5.44. The first-order valence-electron chi connectivity index (χ1n) is 11.2. The average molecular weight is 434 g/mol. The van der Waals surface area contributed by atoms with Crippen LogP contribution in [0.1, 0.15) is 24.8 Å². The Balaban J connectivity index is 1.18. The summed E-state index contributed by atoms with van der Waals surface area (Å²) in [5.74, 6) is 1.39. The number of ether oxygens (including phenoxy) is 1. The normalized spacial score (nSPS) is 13.7. The summed E-state index contributed by atoms with van der Waals surface area (Å²) in [6, 6.07) is 18.7. The van der Waals surface area contributed by atoms with Crippen molar-refractivity contribution in [1.29, 1.82) is 0 Å². The molecule has 1 aliphatic carbocycles. The minimum atomic E-state index is -0.0615. The predicted octanol–water partition coefficient (Wildman–Crippen LogP) is 3.05. The molecule has 3 aromatic rings. The van der Waals surface area contributed by atoms with Crippen molar-refractivity contribution in [3.63, 3.8) is 0 Å². The molecule has 3 N–H and O–H groups in total. The van der Waals surface area contributed by atoms with Gasteiger partial charge in [-0.2, -0.15) is 0 Å². The molecular formula is C25H31N5O2. The molecule has 7 nitrogen and oxygen atoms in total. The van der Waals surface area contributed by atoms with E-state index in [0.717, 1.165) is 43.9 Å². The van der Waals surface area contributed by atoms with Crippen LogP contribution in [0.4, 0.5) is 0 Å².